The Bertz CT molecular complexity index is 258. The van der Waals surface area contributed by atoms with Crippen molar-refractivity contribution in [2.45, 2.75) is 52.2 Å². The minimum atomic E-state index is -1.82. The van der Waals surface area contributed by atoms with Crippen LogP contribution in [0.3, 0.4) is 0 Å². The average Bonchev–Trinajstić information content (AvgIpc) is 2.09. The number of rotatable bonds is 3. The zero-order valence-electron chi connectivity index (χ0n) is 10.8. The minimum Gasteiger partial charge on any atom is -0.317 e. The second kappa shape index (κ2) is 3.90. The molecule has 1 heterocycles. The molecular weight excluding hydrogens is 206 g/mol. The Morgan fingerprint density at radius 1 is 1.47 bits per heavy atom. The molecule has 1 saturated heterocycles. The molecule has 88 valence electrons. The Morgan fingerprint density at radius 3 is 2.33 bits per heavy atom. The topological polar surface area (TPSA) is 29.5 Å². The van der Waals surface area contributed by atoms with Crippen LogP contribution in [0.4, 0.5) is 0 Å². The smallest absolute Gasteiger partial charge is 0.250 e. The van der Waals surface area contributed by atoms with Crippen molar-refractivity contribution in [3.05, 3.63) is 0 Å². The van der Waals surface area contributed by atoms with Crippen LogP contribution in [0.5, 0.6) is 0 Å². The molecule has 1 rings (SSSR count). The molecule has 0 spiro atoms. The molecular formula is C11H23NO2Si. The first-order valence-electron chi connectivity index (χ1n) is 5.69. The van der Waals surface area contributed by atoms with E-state index in [1.54, 1.807) is 5.06 Å². The highest BCUT2D eigenvalue weighted by molar-refractivity contribution is 6.74. The lowest BCUT2D eigenvalue weighted by atomic mass is 9.99. The normalized spacial score (nSPS) is 22.9. The van der Waals surface area contributed by atoms with Crippen molar-refractivity contribution in [3.8, 4) is 0 Å². The first-order chi connectivity index (χ1) is 6.69. The monoisotopic (exact) mass is 229 g/mol. The van der Waals surface area contributed by atoms with Gasteiger partial charge < -0.3 is 4.53 Å². The standard InChI is InChI=1S/C11H23NO2Si/c1-7-9-8-12(10(9)13)14-15(5,6)11(2,3)4/h9H,7-8H2,1-6H3. The van der Waals surface area contributed by atoms with Gasteiger partial charge in [-0.3, -0.25) is 4.79 Å². The van der Waals surface area contributed by atoms with Gasteiger partial charge in [-0.25, -0.2) is 5.06 Å². The fourth-order valence-electron chi connectivity index (χ4n) is 1.26. The fraction of sp³-hybridized carbons (Fsp3) is 0.909. The molecule has 0 saturated carbocycles. The maximum atomic E-state index is 11.6. The number of β-lactam (4-membered cyclic amide) rings is 1. The summed E-state index contributed by atoms with van der Waals surface area (Å²) in [7, 11) is -1.82. The molecule has 0 radical (unpaired) electrons. The number of carbonyl (C=O) groups excluding carboxylic acids is 1. The summed E-state index contributed by atoms with van der Waals surface area (Å²) in [6, 6.07) is 0. The summed E-state index contributed by atoms with van der Waals surface area (Å²) in [6.07, 6.45) is 0.927. The second-order valence-electron chi connectivity index (χ2n) is 5.86. The molecule has 15 heavy (non-hydrogen) atoms. The number of nitrogens with zero attached hydrogens (tertiary/aromatic N) is 1. The number of hydroxylamine groups is 2. The number of hydrogen-bond acceptors (Lipinski definition) is 2. The molecule has 0 aromatic rings. The van der Waals surface area contributed by atoms with Crippen LogP contribution < -0.4 is 0 Å². The maximum Gasteiger partial charge on any atom is 0.250 e. The summed E-state index contributed by atoms with van der Waals surface area (Å²) >= 11 is 0. The van der Waals surface area contributed by atoms with E-state index < -0.39 is 8.32 Å². The van der Waals surface area contributed by atoms with E-state index in [0.29, 0.717) is 0 Å². The Labute approximate surface area is 93.9 Å². The predicted molar refractivity (Wildman–Crippen MR) is 63.8 cm³/mol. The molecule has 1 aliphatic heterocycles. The fourth-order valence-corrected chi connectivity index (χ4v) is 2.25. The molecule has 1 atom stereocenters. The zero-order chi connectivity index (χ0) is 11.9. The highest BCUT2D eigenvalue weighted by atomic mass is 28.4. The van der Waals surface area contributed by atoms with Crippen LogP contribution >= 0.6 is 0 Å². The van der Waals surface area contributed by atoms with E-state index >= 15 is 0 Å². The van der Waals surface area contributed by atoms with Crippen molar-refractivity contribution in [2.24, 2.45) is 5.92 Å². The van der Waals surface area contributed by atoms with Gasteiger partial charge in [0.05, 0.1) is 12.5 Å². The van der Waals surface area contributed by atoms with Gasteiger partial charge in [0.25, 0.3) is 0 Å². The first kappa shape index (κ1) is 12.7. The summed E-state index contributed by atoms with van der Waals surface area (Å²) in [6.45, 7) is 13.7. The van der Waals surface area contributed by atoms with Crippen LogP contribution in [0.2, 0.25) is 18.1 Å². The SMILES string of the molecule is CCC1CN(O[Si](C)(C)C(C)(C)C)C1=O. The van der Waals surface area contributed by atoms with E-state index in [4.69, 9.17) is 4.53 Å². The van der Waals surface area contributed by atoms with E-state index in [-0.39, 0.29) is 16.9 Å². The quantitative estimate of drug-likeness (QED) is 0.550. The van der Waals surface area contributed by atoms with Gasteiger partial charge in [0.1, 0.15) is 0 Å². The van der Waals surface area contributed by atoms with Crippen LogP contribution in [0.1, 0.15) is 34.1 Å². The molecule has 0 aromatic heterocycles. The Kier molecular flexibility index (Phi) is 3.31. The molecule has 1 aliphatic rings. The van der Waals surface area contributed by atoms with Crippen molar-refractivity contribution in [3.63, 3.8) is 0 Å². The van der Waals surface area contributed by atoms with Gasteiger partial charge in [-0.2, -0.15) is 0 Å². The molecule has 1 fully saturated rings. The predicted octanol–water partition coefficient (Wildman–Crippen LogP) is 2.79. The Morgan fingerprint density at radius 2 is 2.00 bits per heavy atom. The molecule has 3 nitrogen and oxygen atoms in total. The maximum absolute atomic E-state index is 11.6. The lowest BCUT2D eigenvalue weighted by molar-refractivity contribution is -0.190. The molecule has 1 amide bonds. The summed E-state index contributed by atoms with van der Waals surface area (Å²) < 4.78 is 5.91. The lowest BCUT2D eigenvalue weighted by Crippen LogP contribution is -2.58. The summed E-state index contributed by atoms with van der Waals surface area (Å²) in [5, 5.41) is 1.73. The third kappa shape index (κ3) is 2.42. The number of hydrogen-bond donors (Lipinski definition) is 0. The van der Waals surface area contributed by atoms with Crippen LogP contribution in [-0.4, -0.2) is 25.8 Å². The van der Waals surface area contributed by atoms with Crippen molar-refractivity contribution >= 4 is 14.2 Å². The lowest BCUT2D eigenvalue weighted by Gasteiger charge is -2.45. The van der Waals surface area contributed by atoms with E-state index in [1.807, 2.05) is 6.92 Å². The summed E-state index contributed by atoms with van der Waals surface area (Å²) in [5.41, 5.74) is 0. The molecule has 0 N–H and O–H groups in total. The van der Waals surface area contributed by atoms with Crippen LogP contribution in [0.15, 0.2) is 0 Å². The van der Waals surface area contributed by atoms with Gasteiger partial charge in [-0.05, 0) is 24.6 Å². The van der Waals surface area contributed by atoms with E-state index in [0.717, 1.165) is 13.0 Å². The van der Waals surface area contributed by atoms with E-state index in [2.05, 4.69) is 33.9 Å². The molecule has 1 unspecified atom stereocenters. The van der Waals surface area contributed by atoms with Crippen LogP contribution in [-0.2, 0) is 9.32 Å². The average molecular weight is 229 g/mol. The molecule has 4 heteroatoms. The van der Waals surface area contributed by atoms with Crippen LogP contribution in [0, 0.1) is 5.92 Å². The van der Waals surface area contributed by atoms with Crippen molar-refractivity contribution in [1.29, 1.82) is 0 Å². The largest absolute Gasteiger partial charge is 0.317 e. The van der Waals surface area contributed by atoms with Crippen molar-refractivity contribution < 1.29 is 9.32 Å². The second-order valence-corrected chi connectivity index (χ2v) is 10.6. The highest BCUT2D eigenvalue weighted by Gasteiger charge is 2.45. The van der Waals surface area contributed by atoms with Gasteiger partial charge in [0.2, 0.25) is 14.2 Å². The van der Waals surface area contributed by atoms with E-state index in [9.17, 15) is 4.79 Å². The Balaban J connectivity index is 2.54. The Hall–Kier alpha value is -0.353. The number of carbonyl (C=O) groups is 1. The first-order valence-corrected chi connectivity index (χ1v) is 8.60. The zero-order valence-corrected chi connectivity index (χ0v) is 11.8. The summed E-state index contributed by atoms with van der Waals surface area (Å²) in [5.74, 6) is 0.372. The van der Waals surface area contributed by atoms with E-state index in [1.165, 1.54) is 0 Å². The third-order valence-corrected chi connectivity index (χ3v) is 7.91. The third-order valence-electron chi connectivity index (χ3n) is 3.62. The van der Waals surface area contributed by atoms with Crippen molar-refractivity contribution in [1.82, 2.24) is 5.06 Å². The van der Waals surface area contributed by atoms with Crippen molar-refractivity contribution in [2.75, 3.05) is 6.54 Å². The summed E-state index contributed by atoms with van der Waals surface area (Å²) in [4.78, 5) is 11.6. The van der Waals surface area contributed by atoms with Gasteiger partial charge in [0.15, 0.2) is 0 Å². The molecule has 0 bridgehead atoms. The molecule has 0 aromatic carbocycles. The highest BCUT2D eigenvalue weighted by Crippen LogP contribution is 2.38. The minimum absolute atomic E-state index is 0.157. The number of amides is 1. The molecule has 0 aliphatic carbocycles. The van der Waals surface area contributed by atoms with Gasteiger partial charge in [0, 0.05) is 0 Å². The van der Waals surface area contributed by atoms with Gasteiger partial charge in [-0.1, -0.05) is 27.7 Å². The van der Waals surface area contributed by atoms with Gasteiger partial charge >= 0.3 is 0 Å². The van der Waals surface area contributed by atoms with Gasteiger partial charge in [-0.15, -0.1) is 0 Å². The van der Waals surface area contributed by atoms with Crippen LogP contribution in [0.25, 0.3) is 0 Å².